The van der Waals surface area contributed by atoms with Gasteiger partial charge in [-0.1, -0.05) is 160 Å². The molecule has 10 heteroatoms. The van der Waals surface area contributed by atoms with Gasteiger partial charge in [0.2, 0.25) is 0 Å². The lowest BCUT2D eigenvalue weighted by Crippen LogP contribution is -2.29. The van der Waals surface area contributed by atoms with Crippen LogP contribution in [0.2, 0.25) is 0 Å². The highest BCUT2D eigenvalue weighted by Gasteiger charge is 2.25. The molecule has 3 N–H and O–H groups in total. The van der Waals surface area contributed by atoms with Gasteiger partial charge in [-0.3, -0.25) is 13.8 Å². The number of hydrogen-bond donors (Lipinski definition) is 2. The van der Waals surface area contributed by atoms with Gasteiger partial charge in [0, 0.05) is 19.0 Å². The lowest BCUT2D eigenvalue weighted by Gasteiger charge is -2.19. The van der Waals surface area contributed by atoms with E-state index in [-0.39, 0.29) is 26.2 Å². The molecule has 0 amide bonds. The predicted octanol–water partition coefficient (Wildman–Crippen LogP) is 11.4. The van der Waals surface area contributed by atoms with Crippen LogP contribution in [0, 0.1) is 0 Å². The maximum Gasteiger partial charge on any atom is 0.472 e. The first-order valence-electron chi connectivity index (χ1n) is 20.5. The van der Waals surface area contributed by atoms with Crippen molar-refractivity contribution >= 4 is 19.8 Å². The van der Waals surface area contributed by atoms with Crippen molar-refractivity contribution in [1.82, 2.24) is 0 Å². The summed E-state index contributed by atoms with van der Waals surface area (Å²) in [6.07, 6.45) is 40.9. The Labute approximate surface area is 312 Å². The maximum absolute atomic E-state index is 12.5. The Hall–Kier alpha value is -1.77. The van der Waals surface area contributed by atoms with Gasteiger partial charge in [0.05, 0.1) is 13.2 Å². The summed E-state index contributed by atoms with van der Waals surface area (Å²) >= 11 is 0. The Morgan fingerprint density at radius 2 is 1.10 bits per heavy atom. The molecule has 9 nitrogen and oxygen atoms in total. The molecule has 0 radical (unpaired) electrons. The summed E-state index contributed by atoms with van der Waals surface area (Å²) in [5, 5.41) is 0. The first kappa shape index (κ1) is 49.2. The second kappa shape index (κ2) is 38.0. The number of rotatable bonds is 38. The topological polar surface area (TPSA) is 134 Å². The van der Waals surface area contributed by atoms with Crippen molar-refractivity contribution in [2.75, 3.05) is 26.4 Å². The molecule has 298 valence electrons. The first-order chi connectivity index (χ1) is 24.8. The molecule has 0 bridgehead atoms. The van der Waals surface area contributed by atoms with Gasteiger partial charge >= 0.3 is 19.8 Å². The number of allylic oxidation sites excluding steroid dienone is 5. The highest BCUT2D eigenvalue weighted by Crippen LogP contribution is 2.43. The van der Waals surface area contributed by atoms with Crippen LogP contribution in [-0.2, 0) is 32.7 Å². The van der Waals surface area contributed by atoms with Gasteiger partial charge in [0.15, 0.2) is 6.10 Å². The minimum absolute atomic E-state index is 0.0407. The monoisotopic (exact) mass is 742 g/mol. The normalized spacial score (nSPS) is 13.7. The van der Waals surface area contributed by atoms with Gasteiger partial charge in [0.1, 0.15) is 6.61 Å². The molecular weight excluding hydrogens is 665 g/mol. The van der Waals surface area contributed by atoms with Crippen LogP contribution in [0.5, 0.6) is 0 Å². The maximum atomic E-state index is 12.5. The Morgan fingerprint density at radius 1 is 0.627 bits per heavy atom. The predicted molar refractivity (Wildman–Crippen MR) is 210 cm³/mol. The molecule has 0 spiro atoms. The Morgan fingerprint density at radius 3 is 1.61 bits per heavy atom. The van der Waals surface area contributed by atoms with E-state index >= 15 is 0 Å². The van der Waals surface area contributed by atoms with E-state index in [4.69, 9.17) is 24.3 Å². The number of carbonyl (C=O) groups excluding carboxylic acids is 2. The summed E-state index contributed by atoms with van der Waals surface area (Å²) in [6, 6.07) is 0. The third-order valence-corrected chi connectivity index (χ3v) is 9.59. The van der Waals surface area contributed by atoms with Gasteiger partial charge in [-0.2, -0.15) is 0 Å². The minimum atomic E-state index is -4.40. The molecule has 0 aliphatic carbocycles. The van der Waals surface area contributed by atoms with Crippen LogP contribution in [0.3, 0.4) is 0 Å². The average molecular weight is 742 g/mol. The average Bonchev–Trinajstić information content (AvgIpc) is 3.11. The summed E-state index contributed by atoms with van der Waals surface area (Å²) in [5.74, 6) is -1.10. The number of nitrogens with two attached hydrogens (primary N) is 1. The molecule has 0 aliphatic heterocycles. The lowest BCUT2D eigenvalue weighted by molar-refractivity contribution is -0.159. The summed E-state index contributed by atoms with van der Waals surface area (Å²) < 4.78 is 32.5. The molecule has 0 aromatic carbocycles. The zero-order valence-electron chi connectivity index (χ0n) is 32.6. The van der Waals surface area contributed by atoms with Crippen molar-refractivity contribution in [2.24, 2.45) is 5.73 Å². The van der Waals surface area contributed by atoms with E-state index < -0.39 is 32.5 Å². The van der Waals surface area contributed by atoms with Crippen molar-refractivity contribution < 1.29 is 37.6 Å². The molecule has 1 unspecified atom stereocenters. The summed E-state index contributed by atoms with van der Waals surface area (Å²) in [4.78, 5) is 34.6. The van der Waals surface area contributed by atoms with Gasteiger partial charge in [-0.05, 0) is 44.9 Å². The van der Waals surface area contributed by atoms with Crippen LogP contribution in [0.1, 0.15) is 181 Å². The molecule has 0 heterocycles. The quantitative estimate of drug-likeness (QED) is 0.0158. The van der Waals surface area contributed by atoms with Crippen molar-refractivity contribution in [2.45, 2.75) is 187 Å². The summed E-state index contributed by atoms with van der Waals surface area (Å²) in [5.41, 5.74) is 5.33. The zero-order valence-corrected chi connectivity index (χ0v) is 33.5. The minimum Gasteiger partial charge on any atom is -0.458 e. The fourth-order valence-electron chi connectivity index (χ4n) is 5.54. The molecule has 0 rings (SSSR count). The van der Waals surface area contributed by atoms with E-state index in [0.717, 1.165) is 38.5 Å². The number of esters is 2. The number of carbonyl (C=O) groups is 2. The fourth-order valence-corrected chi connectivity index (χ4v) is 6.31. The summed E-state index contributed by atoms with van der Waals surface area (Å²) in [6.45, 7) is 3.58. The third-order valence-electron chi connectivity index (χ3n) is 8.60. The molecular formula is C41H76NO8P. The second-order valence-electron chi connectivity index (χ2n) is 13.6. The van der Waals surface area contributed by atoms with Gasteiger partial charge in [-0.25, -0.2) is 9.36 Å². The van der Waals surface area contributed by atoms with Gasteiger partial charge in [-0.15, -0.1) is 0 Å². The van der Waals surface area contributed by atoms with Crippen LogP contribution in [-0.4, -0.2) is 49.3 Å². The highest BCUT2D eigenvalue weighted by atomic mass is 31.2. The molecule has 0 fully saturated rings. The Balaban J connectivity index is 4.31. The smallest absolute Gasteiger partial charge is 0.458 e. The zero-order chi connectivity index (χ0) is 37.5. The molecule has 2 atom stereocenters. The highest BCUT2D eigenvalue weighted by molar-refractivity contribution is 7.47. The van der Waals surface area contributed by atoms with Crippen molar-refractivity contribution in [3.8, 4) is 0 Å². The van der Waals surface area contributed by atoms with Crippen LogP contribution in [0.25, 0.3) is 0 Å². The number of hydrogen-bond acceptors (Lipinski definition) is 8. The van der Waals surface area contributed by atoms with Crippen LogP contribution in [0.15, 0.2) is 36.5 Å². The van der Waals surface area contributed by atoms with Crippen molar-refractivity contribution in [1.29, 1.82) is 0 Å². The molecule has 0 aliphatic rings. The molecule has 0 aromatic rings. The van der Waals surface area contributed by atoms with Crippen LogP contribution >= 0.6 is 7.82 Å². The molecule has 0 saturated heterocycles. The van der Waals surface area contributed by atoms with E-state index in [1.54, 1.807) is 6.08 Å². The number of ether oxygens (including phenoxy) is 2. The Bertz CT molecular complexity index is 939. The van der Waals surface area contributed by atoms with E-state index in [2.05, 4.69) is 26.0 Å². The summed E-state index contributed by atoms with van der Waals surface area (Å²) in [7, 11) is -4.40. The van der Waals surface area contributed by atoms with Gasteiger partial charge in [0.25, 0.3) is 0 Å². The number of phosphoric acid groups is 1. The van der Waals surface area contributed by atoms with Crippen molar-refractivity contribution in [3.05, 3.63) is 36.5 Å². The molecule has 0 saturated carbocycles. The van der Waals surface area contributed by atoms with Gasteiger partial charge < -0.3 is 20.1 Å². The largest absolute Gasteiger partial charge is 0.472 e. The van der Waals surface area contributed by atoms with Crippen LogP contribution in [0.4, 0.5) is 0 Å². The fraction of sp³-hybridized carbons (Fsp3) is 0.805. The number of phosphoric ester groups is 1. The van der Waals surface area contributed by atoms with E-state index in [1.165, 1.54) is 122 Å². The van der Waals surface area contributed by atoms with E-state index in [1.807, 2.05) is 12.2 Å². The second-order valence-corrected chi connectivity index (χ2v) is 15.0. The Kier molecular flexibility index (Phi) is 36.7. The lowest BCUT2D eigenvalue weighted by atomic mass is 10.1. The standard InChI is InChI=1S/C41H76NO8P/c1-3-5-7-9-11-13-15-17-19-21-23-25-27-29-31-33-40(43)47-37-39(38-49-51(45,46)48-36-35-42)50-41(44)34-32-30-28-26-24-22-20-18-16-14-12-10-8-6-4-2/h22,24,27,29,31,33,39H,3-21,23,25-26,28,30,32,34-38,42H2,1-2H3,(H,45,46)/b24-22+,29-27+,33-31+/t39-/m1/s1. The first-order valence-corrected chi connectivity index (χ1v) is 22.0. The van der Waals surface area contributed by atoms with E-state index in [0.29, 0.717) is 6.42 Å². The third kappa shape index (κ3) is 37.8. The van der Waals surface area contributed by atoms with Crippen LogP contribution < -0.4 is 5.73 Å². The SMILES string of the molecule is CCCCCCCCCC/C=C/CCCCCC(=O)O[C@H](COC(=O)/C=C/C=C/CCCCCCCCCCCCC)COP(=O)(O)OCCN. The van der Waals surface area contributed by atoms with Crippen molar-refractivity contribution in [3.63, 3.8) is 0 Å². The molecule has 0 aromatic heterocycles. The molecule has 51 heavy (non-hydrogen) atoms. The van der Waals surface area contributed by atoms with E-state index in [9.17, 15) is 19.0 Å². The number of unbranched alkanes of at least 4 members (excludes halogenated alkanes) is 22.